The molecule has 0 bridgehead atoms. The lowest BCUT2D eigenvalue weighted by Crippen LogP contribution is -2.25. The molecule has 0 aromatic heterocycles. The molecule has 0 aromatic rings. The third kappa shape index (κ3) is 5.71. The first kappa shape index (κ1) is 12.1. The van der Waals surface area contributed by atoms with Crippen LogP contribution in [-0.4, -0.2) is 43.2 Å². The van der Waals surface area contributed by atoms with Gasteiger partial charge in [-0.15, -0.1) is 0 Å². The van der Waals surface area contributed by atoms with Gasteiger partial charge in [-0.25, -0.2) is 0 Å². The van der Waals surface area contributed by atoms with Crippen LogP contribution in [0.3, 0.4) is 0 Å². The van der Waals surface area contributed by atoms with Crippen molar-refractivity contribution >= 4 is 9.52 Å². The van der Waals surface area contributed by atoms with Crippen molar-refractivity contribution in [2.24, 2.45) is 5.92 Å². The maximum Gasteiger partial charge on any atom is 0.134 e. The van der Waals surface area contributed by atoms with Gasteiger partial charge in [0, 0.05) is 14.2 Å². The molecule has 0 radical (unpaired) electrons. The van der Waals surface area contributed by atoms with Crippen LogP contribution in [0.4, 0.5) is 0 Å². The van der Waals surface area contributed by atoms with Crippen LogP contribution in [0.1, 0.15) is 6.92 Å². The van der Waals surface area contributed by atoms with Gasteiger partial charge in [0.1, 0.15) is 5.91 Å². The molecule has 0 saturated carbocycles. The van der Waals surface area contributed by atoms with Gasteiger partial charge in [-0.05, 0) is 19.5 Å². The first-order valence-corrected chi connectivity index (χ1v) is 6.26. The molecule has 0 amide bonds. The second kappa shape index (κ2) is 7.73. The molecule has 0 aliphatic rings. The number of rotatable bonds is 7. The summed E-state index contributed by atoms with van der Waals surface area (Å²) in [6, 6.07) is 1.27. The van der Waals surface area contributed by atoms with Gasteiger partial charge in [0.2, 0.25) is 0 Å². The molecule has 74 valence electrons. The van der Waals surface area contributed by atoms with E-state index in [-0.39, 0.29) is 15.4 Å². The van der Waals surface area contributed by atoms with Gasteiger partial charge in [0.15, 0.2) is 0 Å². The molecule has 0 aromatic carbocycles. The van der Waals surface area contributed by atoms with Gasteiger partial charge in [-0.1, -0.05) is 13.0 Å². The lowest BCUT2D eigenvalue weighted by molar-refractivity contribution is -0.0443. The number of nitrogens with one attached hydrogen (secondary N) is 1. The Balaban J connectivity index is 3.37. The minimum absolute atomic E-state index is 0.101. The number of hydrogen-bond donors (Lipinski definition) is 1. The van der Waals surface area contributed by atoms with Gasteiger partial charge in [0.25, 0.3) is 0 Å². The summed E-state index contributed by atoms with van der Waals surface area (Å²) < 4.78 is 10.3. The molecule has 0 aliphatic carbocycles. The van der Waals surface area contributed by atoms with Crippen molar-refractivity contribution in [3.8, 4) is 0 Å². The molecule has 3 nitrogen and oxygen atoms in total. The van der Waals surface area contributed by atoms with Crippen molar-refractivity contribution in [1.82, 2.24) is 5.32 Å². The van der Waals surface area contributed by atoms with Crippen molar-refractivity contribution < 1.29 is 9.47 Å². The topological polar surface area (TPSA) is 30.5 Å². The van der Waals surface area contributed by atoms with Crippen LogP contribution in [0.2, 0.25) is 6.04 Å². The fraction of sp³-hybridized carbons (Fsp3) is 1.00. The van der Waals surface area contributed by atoms with Crippen molar-refractivity contribution in [3.05, 3.63) is 0 Å². The van der Waals surface area contributed by atoms with Gasteiger partial charge in [-0.2, -0.15) is 0 Å². The second-order valence-corrected chi connectivity index (χ2v) is 4.96. The zero-order chi connectivity index (χ0) is 9.40. The summed E-state index contributed by atoms with van der Waals surface area (Å²) >= 11 is 0. The Morgan fingerprint density at radius 2 is 1.92 bits per heavy atom. The molecule has 1 N–H and O–H groups in total. The molecule has 1 atom stereocenters. The Hall–Kier alpha value is 0.0969. The third-order valence-electron chi connectivity index (χ3n) is 1.97. The summed E-state index contributed by atoms with van der Waals surface area (Å²) in [5, 5.41) is 3.17. The van der Waals surface area contributed by atoms with E-state index < -0.39 is 0 Å². The number of methoxy groups -OCH3 is 2. The molecule has 0 rings (SSSR count). The van der Waals surface area contributed by atoms with Crippen LogP contribution in [0, 0.1) is 5.92 Å². The van der Waals surface area contributed by atoms with E-state index in [4.69, 9.17) is 9.47 Å². The van der Waals surface area contributed by atoms with Crippen LogP contribution < -0.4 is 5.32 Å². The molecular formula is C8H21NO2Si. The molecule has 1 unspecified atom stereocenters. The molecule has 0 aliphatic heterocycles. The highest BCUT2D eigenvalue weighted by molar-refractivity contribution is 6.36. The van der Waals surface area contributed by atoms with Crippen LogP contribution >= 0.6 is 0 Å². The largest absolute Gasteiger partial charge is 0.360 e. The van der Waals surface area contributed by atoms with Gasteiger partial charge in [0.05, 0.1) is 9.52 Å². The Bertz CT molecular complexity index is 99.1. The van der Waals surface area contributed by atoms with E-state index in [0.29, 0.717) is 0 Å². The SMILES string of the molecule is CNCC(C)C[SiH2]C(OC)OC. The predicted molar refractivity (Wildman–Crippen MR) is 54.2 cm³/mol. The molecule has 0 spiro atoms. The lowest BCUT2D eigenvalue weighted by Gasteiger charge is -2.15. The summed E-state index contributed by atoms with van der Waals surface area (Å²) in [7, 11) is 5.19. The Morgan fingerprint density at radius 3 is 2.33 bits per heavy atom. The van der Waals surface area contributed by atoms with E-state index >= 15 is 0 Å². The molecule has 0 heterocycles. The highest BCUT2D eigenvalue weighted by Crippen LogP contribution is 2.02. The quantitative estimate of drug-likeness (QED) is 0.454. The highest BCUT2D eigenvalue weighted by atomic mass is 28.2. The van der Waals surface area contributed by atoms with E-state index in [2.05, 4.69) is 12.2 Å². The zero-order valence-corrected chi connectivity index (χ0v) is 10.0. The molecular weight excluding hydrogens is 170 g/mol. The zero-order valence-electron chi connectivity index (χ0n) is 8.59. The normalized spacial score (nSPS) is 14.8. The minimum Gasteiger partial charge on any atom is -0.360 e. The van der Waals surface area contributed by atoms with E-state index in [1.807, 2.05) is 7.05 Å². The summed E-state index contributed by atoms with van der Waals surface area (Å²) in [6.45, 7) is 3.35. The average molecular weight is 191 g/mol. The van der Waals surface area contributed by atoms with Gasteiger partial charge in [-0.3, -0.25) is 0 Å². The van der Waals surface area contributed by atoms with Crippen LogP contribution in [0.15, 0.2) is 0 Å². The van der Waals surface area contributed by atoms with Crippen LogP contribution in [0.5, 0.6) is 0 Å². The summed E-state index contributed by atoms with van der Waals surface area (Å²) in [5.41, 5.74) is 0. The lowest BCUT2D eigenvalue weighted by atomic mass is 10.2. The van der Waals surface area contributed by atoms with Crippen molar-refractivity contribution in [3.63, 3.8) is 0 Å². The second-order valence-electron chi connectivity index (χ2n) is 3.14. The molecule has 0 fully saturated rings. The maximum absolute atomic E-state index is 5.15. The Morgan fingerprint density at radius 1 is 1.33 bits per heavy atom. The Kier molecular flexibility index (Phi) is 7.79. The first-order chi connectivity index (χ1) is 5.74. The van der Waals surface area contributed by atoms with E-state index in [1.54, 1.807) is 14.2 Å². The smallest absolute Gasteiger partial charge is 0.134 e. The molecule has 12 heavy (non-hydrogen) atoms. The molecule has 4 heteroatoms. The van der Waals surface area contributed by atoms with Crippen molar-refractivity contribution in [1.29, 1.82) is 0 Å². The fourth-order valence-corrected chi connectivity index (χ4v) is 2.72. The first-order valence-electron chi connectivity index (χ1n) is 4.44. The third-order valence-corrected chi connectivity index (χ3v) is 4.43. The van der Waals surface area contributed by atoms with Crippen molar-refractivity contribution in [2.75, 3.05) is 27.8 Å². The number of ether oxygens (including phenoxy) is 2. The summed E-state index contributed by atoms with van der Waals surface area (Å²) in [4.78, 5) is 0. The van der Waals surface area contributed by atoms with Crippen LogP contribution in [0.25, 0.3) is 0 Å². The van der Waals surface area contributed by atoms with E-state index in [9.17, 15) is 0 Å². The summed E-state index contributed by atoms with van der Waals surface area (Å²) in [6.07, 6.45) is 0. The van der Waals surface area contributed by atoms with Gasteiger partial charge < -0.3 is 14.8 Å². The highest BCUT2D eigenvalue weighted by Gasteiger charge is 2.08. The minimum atomic E-state index is -0.227. The number of hydrogen-bond acceptors (Lipinski definition) is 3. The van der Waals surface area contributed by atoms with E-state index in [1.165, 1.54) is 6.04 Å². The standard InChI is InChI=1S/C8H21NO2Si/c1-7(5-9-2)6-12-8(10-3)11-4/h7-9H,5-6,12H2,1-4H3. The van der Waals surface area contributed by atoms with Crippen LogP contribution in [-0.2, 0) is 9.47 Å². The maximum atomic E-state index is 5.15. The predicted octanol–water partition coefficient (Wildman–Crippen LogP) is 0.00540. The Labute approximate surface area is 77.6 Å². The van der Waals surface area contributed by atoms with E-state index in [0.717, 1.165) is 12.5 Å². The average Bonchev–Trinajstić information content (AvgIpc) is 2.07. The fourth-order valence-electron chi connectivity index (χ4n) is 1.20. The monoisotopic (exact) mass is 191 g/mol. The molecule has 0 saturated heterocycles. The van der Waals surface area contributed by atoms with Crippen molar-refractivity contribution in [2.45, 2.75) is 18.9 Å². The summed E-state index contributed by atoms with van der Waals surface area (Å²) in [5.74, 6) is 0.846. The van der Waals surface area contributed by atoms with Gasteiger partial charge >= 0.3 is 0 Å².